The summed E-state index contributed by atoms with van der Waals surface area (Å²) in [5, 5.41) is 0. The van der Waals surface area contributed by atoms with Gasteiger partial charge in [0.1, 0.15) is 0 Å². The van der Waals surface area contributed by atoms with Gasteiger partial charge in [-0.3, -0.25) is 4.79 Å². The zero-order valence-electron chi connectivity index (χ0n) is 11.4. The number of hydrogen-bond acceptors (Lipinski definition) is 3. The molecule has 0 fully saturated rings. The fourth-order valence-electron chi connectivity index (χ4n) is 1.26. The second-order valence-electron chi connectivity index (χ2n) is 5.88. The van der Waals surface area contributed by atoms with Gasteiger partial charge in [-0.2, -0.15) is 0 Å². The summed E-state index contributed by atoms with van der Waals surface area (Å²) >= 11 is 0. The van der Waals surface area contributed by atoms with Crippen LogP contribution < -0.4 is 5.73 Å². The van der Waals surface area contributed by atoms with Crippen LogP contribution in [0.1, 0.15) is 47.5 Å². The van der Waals surface area contributed by atoms with Crippen molar-refractivity contribution in [2.45, 2.75) is 53.5 Å². The molecule has 1 unspecified atom stereocenters. The van der Waals surface area contributed by atoms with E-state index in [9.17, 15) is 4.79 Å². The summed E-state index contributed by atoms with van der Waals surface area (Å²) in [7, 11) is 0. The molecule has 3 nitrogen and oxygen atoms in total. The van der Waals surface area contributed by atoms with Crippen molar-refractivity contribution in [3.05, 3.63) is 0 Å². The summed E-state index contributed by atoms with van der Waals surface area (Å²) in [6, 6.07) is -0.366. The largest absolute Gasteiger partial charge is 0.381 e. The van der Waals surface area contributed by atoms with Crippen LogP contribution in [-0.4, -0.2) is 25.0 Å². The van der Waals surface area contributed by atoms with Crippen LogP contribution in [-0.2, 0) is 9.53 Å². The first-order valence-electron chi connectivity index (χ1n) is 6.11. The van der Waals surface area contributed by atoms with E-state index < -0.39 is 0 Å². The van der Waals surface area contributed by atoms with Gasteiger partial charge in [-0.1, -0.05) is 34.6 Å². The normalized spacial score (nSPS) is 14.2. The average Bonchev–Trinajstić information content (AvgIpc) is 2.13. The van der Waals surface area contributed by atoms with Gasteiger partial charge in [0.05, 0.1) is 6.04 Å². The Labute approximate surface area is 99.7 Å². The van der Waals surface area contributed by atoms with Crippen LogP contribution in [0, 0.1) is 11.3 Å². The minimum atomic E-state index is -0.366. The number of rotatable bonds is 7. The van der Waals surface area contributed by atoms with Gasteiger partial charge in [-0.05, 0) is 18.3 Å². The molecule has 0 aliphatic heterocycles. The van der Waals surface area contributed by atoms with Gasteiger partial charge in [0.15, 0.2) is 5.78 Å². The van der Waals surface area contributed by atoms with Crippen molar-refractivity contribution >= 4 is 5.78 Å². The number of Topliss-reactive ketones (excluding diaryl/α,β-unsaturated/α-hetero) is 1. The summed E-state index contributed by atoms with van der Waals surface area (Å²) in [6.45, 7) is 11.6. The molecule has 0 aromatic carbocycles. The fraction of sp³-hybridized carbons (Fsp3) is 0.923. The number of ketones is 1. The second kappa shape index (κ2) is 7.02. The Kier molecular flexibility index (Phi) is 6.84. The zero-order chi connectivity index (χ0) is 12.8. The Morgan fingerprint density at radius 3 is 2.25 bits per heavy atom. The third kappa shape index (κ3) is 7.83. The number of ether oxygens (including phenoxy) is 1. The van der Waals surface area contributed by atoms with Crippen LogP contribution >= 0.6 is 0 Å². The SMILES string of the molecule is CC(C)C(=O)C(N)CCOCCC(C)(C)C. The van der Waals surface area contributed by atoms with Crippen molar-refractivity contribution in [2.75, 3.05) is 13.2 Å². The highest BCUT2D eigenvalue weighted by Gasteiger charge is 2.16. The van der Waals surface area contributed by atoms with E-state index in [1.807, 2.05) is 13.8 Å². The van der Waals surface area contributed by atoms with Crippen molar-refractivity contribution in [3.63, 3.8) is 0 Å². The lowest BCUT2D eigenvalue weighted by Gasteiger charge is -2.18. The maximum atomic E-state index is 11.5. The van der Waals surface area contributed by atoms with E-state index in [4.69, 9.17) is 10.5 Å². The monoisotopic (exact) mass is 229 g/mol. The van der Waals surface area contributed by atoms with Crippen LogP contribution in [0.4, 0.5) is 0 Å². The highest BCUT2D eigenvalue weighted by atomic mass is 16.5. The standard InChI is InChI=1S/C13H27NO2/c1-10(2)12(15)11(14)6-8-16-9-7-13(3,4)5/h10-11H,6-9,14H2,1-5H3. The number of hydrogen-bond donors (Lipinski definition) is 1. The molecule has 0 heterocycles. The van der Waals surface area contributed by atoms with Crippen molar-refractivity contribution in [2.24, 2.45) is 17.1 Å². The molecule has 0 amide bonds. The maximum Gasteiger partial charge on any atom is 0.152 e. The minimum Gasteiger partial charge on any atom is -0.381 e. The zero-order valence-corrected chi connectivity index (χ0v) is 11.4. The van der Waals surface area contributed by atoms with Gasteiger partial charge in [-0.25, -0.2) is 0 Å². The maximum absolute atomic E-state index is 11.5. The molecule has 96 valence electrons. The van der Waals surface area contributed by atoms with Crippen LogP contribution in [0.5, 0.6) is 0 Å². The van der Waals surface area contributed by atoms with Crippen LogP contribution in [0.15, 0.2) is 0 Å². The molecule has 0 rings (SSSR count). The van der Waals surface area contributed by atoms with Gasteiger partial charge in [0.2, 0.25) is 0 Å². The van der Waals surface area contributed by atoms with Gasteiger partial charge in [-0.15, -0.1) is 0 Å². The molecule has 0 bridgehead atoms. The summed E-state index contributed by atoms with van der Waals surface area (Å²) in [5.41, 5.74) is 6.06. The van der Waals surface area contributed by atoms with Gasteiger partial charge < -0.3 is 10.5 Å². The molecule has 0 saturated carbocycles. The smallest absolute Gasteiger partial charge is 0.152 e. The molecule has 16 heavy (non-hydrogen) atoms. The molecule has 1 atom stereocenters. The first-order valence-corrected chi connectivity index (χ1v) is 6.11. The Morgan fingerprint density at radius 1 is 1.25 bits per heavy atom. The molecule has 0 aromatic rings. The predicted octanol–water partition coefficient (Wildman–Crippen LogP) is 2.38. The quantitative estimate of drug-likeness (QED) is 0.682. The predicted molar refractivity (Wildman–Crippen MR) is 67.3 cm³/mol. The molecule has 0 aliphatic carbocycles. The van der Waals surface area contributed by atoms with E-state index in [2.05, 4.69) is 20.8 Å². The van der Waals surface area contributed by atoms with Gasteiger partial charge in [0.25, 0.3) is 0 Å². The van der Waals surface area contributed by atoms with E-state index in [0.717, 1.165) is 13.0 Å². The summed E-state index contributed by atoms with van der Waals surface area (Å²) in [6.07, 6.45) is 1.65. The third-order valence-electron chi connectivity index (χ3n) is 2.50. The molecule has 3 heteroatoms. The molecule has 0 aromatic heterocycles. The first kappa shape index (κ1) is 15.6. The van der Waals surface area contributed by atoms with E-state index in [-0.39, 0.29) is 17.7 Å². The number of carbonyl (C=O) groups is 1. The van der Waals surface area contributed by atoms with E-state index in [1.54, 1.807) is 0 Å². The topological polar surface area (TPSA) is 52.3 Å². The van der Waals surface area contributed by atoms with E-state index >= 15 is 0 Å². The molecular formula is C13H27NO2. The van der Waals surface area contributed by atoms with E-state index in [0.29, 0.717) is 18.4 Å². The number of nitrogens with two attached hydrogens (primary N) is 1. The molecule has 0 radical (unpaired) electrons. The van der Waals surface area contributed by atoms with Gasteiger partial charge >= 0.3 is 0 Å². The lowest BCUT2D eigenvalue weighted by atomic mass is 9.93. The van der Waals surface area contributed by atoms with Crippen molar-refractivity contribution in [1.29, 1.82) is 0 Å². The van der Waals surface area contributed by atoms with Crippen molar-refractivity contribution < 1.29 is 9.53 Å². The molecule has 0 saturated heterocycles. The lowest BCUT2D eigenvalue weighted by molar-refractivity contribution is -0.123. The van der Waals surface area contributed by atoms with Gasteiger partial charge in [0, 0.05) is 19.1 Å². The first-order chi connectivity index (χ1) is 7.24. The van der Waals surface area contributed by atoms with E-state index in [1.165, 1.54) is 0 Å². The molecule has 0 aliphatic rings. The summed E-state index contributed by atoms with van der Waals surface area (Å²) in [5.74, 6) is 0.143. The van der Waals surface area contributed by atoms with Crippen LogP contribution in [0.3, 0.4) is 0 Å². The average molecular weight is 229 g/mol. The lowest BCUT2D eigenvalue weighted by Crippen LogP contribution is -2.34. The summed E-state index contributed by atoms with van der Waals surface area (Å²) in [4.78, 5) is 11.5. The third-order valence-corrected chi connectivity index (χ3v) is 2.50. The minimum absolute atomic E-state index is 0.0181. The Morgan fingerprint density at radius 2 is 1.81 bits per heavy atom. The number of carbonyl (C=O) groups excluding carboxylic acids is 1. The molecule has 2 N–H and O–H groups in total. The van der Waals surface area contributed by atoms with Crippen molar-refractivity contribution in [1.82, 2.24) is 0 Å². The van der Waals surface area contributed by atoms with Crippen molar-refractivity contribution in [3.8, 4) is 0 Å². The molecule has 0 spiro atoms. The molecular weight excluding hydrogens is 202 g/mol. The summed E-state index contributed by atoms with van der Waals surface area (Å²) < 4.78 is 5.48. The Bertz CT molecular complexity index is 206. The highest BCUT2D eigenvalue weighted by Crippen LogP contribution is 2.17. The Balaban J connectivity index is 3.56. The highest BCUT2D eigenvalue weighted by molar-refractivity contribution is 5.85. The fourth-order valence-corrected chi connectivity index (χ4v) is 1.26. The van der Waals surface area contributed by atoms with Crippen LogP contribution in [0.2, 0.25) is 0 Å². The van der Waals surface area contributed by atoms with Crippen LogP contribution in [0.25, 0.3) is 0 Å². The second-order valence-corrected chi connectivity index (χ2v) is 5.88. The Hall–Kier alpha value is -0.410.